The third-order valence-electron chi connectivity index (χ3n) is 4.84. The summed E-state index contributed by atoms with van der Waals surface area (Å²) in [6.07, 6.45) is 0.763. The lowest BCUT2D eigenvalue weighted by Crippen LogP contribution is -2.35. The maximum atomic E-state index is 13.6. The van der Waals surface area contributed by atoms with E-state index in [1.165, 1.54) is 27.6 Å². The SMILES string of the molecule is Cc1ccc(CN2CCCN(S(=O)(=O)c3cc(F)ccc3C)CC2)cc1. The van der Waals surface area contributed by atoms with Crippen LogP contribution in [0.2, 0.25) is 0 Å². The summed E-state index contributed by atoms with van der Waals surface area (Å²) in [7, 11) is -3.67. The highest BCUT2D eigenvalue weighted by atomic mass is 32.2. The molecule has 0 spiro atoms. The lowest BCUT2D eigenvalue weighted by atomic mass is 10.1. The first-order chi connectivity index (χ1) is 12.4. The average molecular weight is 376 g/mol. The molecule has 1 aliphatic heterocycles. The van der Waals surface area contributed by atoms with Gasteiger partial charge in [-0.15, -0.1) is 0 Å². The fourth-order valence-corrected chi connectivity index (χ4v) is 4.99. The molecule has 2 aromatic carbocycles. The third kappa shape index (κ3) is 4.31. The van der Waals surface area contributed by atoms with Crippen molar-refractivity contribution in [2.75, 3.05) is 26.2 Å². The first-order valence-corrected chi connectivity index (χ1v) is 10.3. The molecule has 26 heavy (non-hydrogen) atoms. The second-order valence-electron chi connectivity index (χ2n) is 6.93. The van der Waals surface area contributed by atoms with Crippen LogP contribution in [-0.2, 0) is 16.6 Å². The van der Waals surface area contributed by atoms with Gasteiger partial charge in [0.2, 0.25) is 10.0 Å². The maximum absolute atomic E-state index is 13.6. The first kappa shape index (κ1) is 19.0. The van der Waals surface area contributed by atoms with Crippen LogP contribution in [-0.4, -0.2) is 43.8 Å². The molecular formula is C20H25FN2O2S. The zero-order chi connectivity index (χ0) is 18.7. The quantitative estimate of drug-likeness (QED) is 0.822. The number of nitrogens with zero attached hydrogens (tertiary/aromatic N) is 2. The summed E-state index contributed by atoms with van der Waals surface area (Å²) < 4.78 is 41.0. The molecule has 0 atom stereocenters. The second kappa shape index (κ2) is 7.86. The standard InChI is InChI=1S/C20H25FN2O2S/c1-16-4-7-18(8-5-16)15-22-10-3-11-23(13-12-22)26(24,25)20-14-19(21)9-6-17(20)2/h4-9,14H,3,10-13,15H2,1-2H3. The zero-order valence-electron chi connectivity index (χ0n) is 15.3. The Labute approximate surface area is 155 Å². The number of aryl methyl sites for hydroxylation is 2. The Kier molecular flexibility index (Phi) is 5.75. The predicted molar refractivity (Wildman–Crippen MR) is 101 cm³/mol. The summed E-state index contributed by atoms with van der Waals surface area (Å²) in [6.45, 7) is 6.98. The van der Waals surface area contributed by atoms with Gasteiger partial charge in [-0.25, -0.2) is 12.8 Å². The van der Waals surface area contributed by atoms with Gasteiger partial charge in [-0.3, -0.25) is 4.90 Å². The molecule has 0 aliphatic carbocycles. The largest absolute Gasteiger partial charge is 0.298 e. The monoisotopic (exact) mass is 376 g/mol. The van der Waals surface area contributed by atoms with Crippen LogP contribution in [0.5, 0.6) is 0 Å². The zero-order valence-corrected chi connectivity index (χ0v) is 16.1. The second-order valence-corrected chi connectivity index (χ2v) is 8.84. The third-order valence-corrected chi connectivity index (χ3v) is 6.88. The van der Waals surface area contributed by atoms with Crippen molar-refractivity contribution < 1.29 is 12.8 Å². The summed E-state index contributed by atoms with van der Waals surface area (Å²) in [5.41, 5.74) is 3.03. The molecule has 0 radical (unpaired) electrons. The normalized spacial score (nSPS) is 17.2. The van der Waals surface area contributed by atoms with Crippen LogP contribution in [0.1, 0.15) is 23.1 Å². The van der Waals surface area contributed by atoms with Crippen LogP contribution >= 0.6 is 0 Å². The molecule has 6 heteroatoms. The van der Waals surface area contributed by atoms with Crippen molar-refractivity contribution in [3.05, 3.63) is 65.0 Å². The molecule has 1 fully saturated rings. The van der Waals surface area contributed by atoms with E-state index in [4.69, 9.17) is 0 Å². The molecule has 0 N–H and O–H groups in total. The minimum atomic E-state index is -3.67. The highest BCUT2D eigenvalue weighted by molar-refractivity contribution is 7.89. The lowest BCUT2D eigenvalue weighted by molar-refractivity contribution is 0.278. The molecule has 0 aromatic heterocycles. The molecule has 2 aromatic rings. The maximum Gasteiger partial charge on any atom is 0.243 e. The summed E-state index contributed by atoms with van der Waals surface area (Å²) in [5.74, 6) is -0.523. The lowest BCUT2D eigenvalue weighted by Gasteiger charge is -2.22. The van der Waals surface area contributed by atoms with Gasteiger partial charge in [0.05, 0.1) is 4.90 Å². The number of benzene rings is 2. The molecule has 0 saturated carbocycles. The van der Waals surface area contributed by atoms with Gasteiger partial charge in [0.25, 0.3) is 0 Å². The molecule has 1 aliphatic rings. The number of halogens is 1. The van der Waals surface area contributed by atoms with E-state index < -0.39 is 15.8 Å². The average Bonchev–Trinajstić information content (AvgIpc) is 2.85. The fraction of sp³-hybridized carbons (Fsp3) is 0.400. The van der Waals surface area contributed by atoms with Gasteiger partial charge in [0.1, 0.15) is 5.82 Å². The van der Waals surface area contributed by atoms with Gasteiger partial charge in [0.15, 0.2) is 0 Å². The van der Waals surface area contributed by atoms with E-state index in [-0.39, 0.29) is 4.90 Å². The van der Waals surface area contributed by atoms with Gasteiger partial charge in [0, 0.05) is 26.2 Å². The molecule has 3 rings (SSSR count). The van der Waals surface area contributed by atoms with Crippen LogP contribution in [0.4, 0.5) is 4.39 Å². The Balaban J connectivity index is 1.71. The smallest absolute Gasteiger partial charge is 0.243 e. The molecule has 4 nitrogen and oxygen atoms in total. The Hall–Kier alpha value is -1.76. The van der Waals surface area contributed by atoms with Crippen LogP contribution in [0.15, 0.2) is 47.4 Å². The first-order valence-electron chi connectivity index (χ1n) is 8.90. The Bertz CT molecular complexity index is 866. The number of hydrogen-bond donors (Lipinski definition) is 0. The van der Waals surface area contributed by atoms with Crippen LogP contribution < -0.4 is 0 Å². The summed E-state index contributed by atoms with van der Waals surface area (Å²) >= 11 is 0. The van der Waals surface area contributed by atoms with Crippen molar-refractivity contribution in [1.82, 2.24) is 9.21 Å². The van der Waals surface area contributed by atoms with Crippen LogP contribution in [0.3, 0.4) is 0 Å². The Morgan fingerprint density at radius 3 is 2.42 bits per heavy atom. The van der Waals surface area contributed by atoms with E-state index in [1.807, 2.05) is 0 Å². The molecule has 1 heterocycles. The Morgan fingerprint density at radius 1 is 0.962 bits per heavy atom. The van der Waals surface area contributed by atoms with Crippen molar-refractivity contribution >= 4 is 10.0 Å². The van der Waals surface area contributed by atoms with Crippen LogP contribution in [0, 0.1) is 19.7 Å². The van der Waals surface area contributed by atoms with E-state index >= 15 is 0 Å². The van der Waals surface area contributed by atoms with Crippen molar-refractivity contribution in [2.24, 2.45) is 0 Å². The molecular weight excluding hydrogens is 351 g/mol. The fourth-order valence-electron chi connectivity index (χ4n) is 3.29. The van der Waals surface area contributed by atoms with Crippen LogP contribution in [0.25, 0.3) is 0 Å². The molecule has 140 valence electrons. The summed E-state index contributed by atoms with van der Waals surface area (Å²) in [5, 5.41) is 0. The predicted octanol–water partition coefficient (Wildman–Crippen LogP) is 3.34. The van der Waals surface area contributed by atoms with Gasteiger partial charge >= 0.3 is 0 Å². The van der Waals surface area contributed by atoms with Gasteiger partial charge in [-0.05, 0) is 50.1 Å². The topological polar surface area (TPSA) is 40.6 Å². The van der Waals surface area contributed by atoms with Gasteiger partial charge < -0.3 is 0 Å². The minimum Gasteiger partial charge on any atom is -0.298 e. The van der Waals surface area contributed by atoms with E-state index in [1.54, 1.807) is 6.92 Å². The molecule has 0 amide bonds. The molecule has 0 bridgehead atoms. The van der Waals surface area contributed by atoms with Crippen molar-refractivity contribution in [3.8, 4) is 0 Å². The Morgan fingerprint density at radius 2 is 1.69 bits per heavy atom. The highest BCUT2D eigenvalue weighted by Gasteiger charge is 2.28. The van der Waals surface area contributed by atoms with E-state index in [2.05, 4.69) is 36.1 Å². The summed E-state index contributed by atoms with van der Waals surface area (Å²) in [4.78, 5) is 2.35. The van der Waals surface area contributed by atoms with Gasteiger partial charge in [-0.1, -0.05) is 35.9 Å². The highest BCUT2D eigenvalue weighted by Crippen LogP contribution is 2.22. The molecule has 1 saturated heterocycles. The minimum absolute atomic E-state index is 0.0736. The summed E-state index contributed by atoms with van der Waals surface area (Å²) in [6, 6.07) is 12.4. The van der Waals surface area contributed by atoms with E-state index in [9.17, 15) is 12.8 Å². The van der Waals surface area contributed by atoms with E-state index in [0.717, 1.165) is 25.6 Å². The van der Waals surface area contributed by atoms with Crippen molar-refractivity contribution in [1.29, 1.82) is 0 Å². The van der Waals surface area contributed by atoms with Crippen molar-refractivity contribution in [3.63, 3.8) is 0 Å². The number of sulfonamides is 1. The number of hydrogen-bond acceptors (Lipinski definition) is 3. The van der Waals surface area contributed by atoms with Gasteiger partial charge in [-0.2, -0.15) is 4.31 Å². The van der Waals surface area contributed by atoms with E-state index in [0.29, 0.717) is 25.2 Å². The number of rotatable bonds is 4. The molecule has 0 unspecified atom stereocenters. The van der Waals surface area contributed by atoms with Crippen molar-refractivity contribution in [2.45, 2.75) is 31.7 Å².